The quantitative estimate of drug-likeness (QED) is 0.799. The van der Waals surface area contributed by atoms with Crippen molar-refractivity contribution < 1.29 is 14.7 Å². The molecule has 0 spiro atoms. The van der Waals surface area contributed by atoms with Crippen molar-refractivity contribution in [3.05, 3.63) is 0 Å². The zero-order chi connectivity index (χ0) is 12.9. The number of primary amides is 1. The summed E-state index contributed by atoms with van der Waals surface area (Å²) in [5.41, 5.74) is 5.07. The summed E-state index contributed by atoms with van der Waals surface area (Å²) in [6.07, 6.45) is 6.20. The molecule has 0 aromatic carbocycles. The first kappa shape index (κ1) is 12.0. The molecule has 4 nitrogen and oxygen atoms in total. The summed E-state index contributed by atoms with van der Waals surface area (Å²) >= 11 is 0. The van der Waals surface area contributed by atoms with Gasteiger partial charge in [-0.25, -0.2) is 0 Å². The highest BCUT2D eigenvalue weighted by molar-refractivity contribution is 5.76. The molecular formula is C14H21NO3. The van der Waals surface area contributed by atoms with Gasteiger partial charge in [0.1, 0.15) is 0 Å². The molecule has 4 aliphatic rings. The molecule has 3 N–H and O–H groups in total. The minimum atomic E-state index is -0.774. The van der Waals surface area contributed by atoms with Gasteiger partial charge in [-0.1, -0.05) is 0 Å². The summed E-state index contributed by atoms with van der Waals surface area (Å²) in [6, 6.07) is 0. The summed E-state index contributed by atoms with van der Waals surface area (Å²) in [4.78, 5) is 22.6. The number of rotatable bonds is 4. The van der Waals surface area contributed by atoms with Crippen LogP contribution < -0.4 is 5.73 Å². The maximum absolute atomic E-state index is 11.4. The van der Waals surface area contributed by atoms with Crippen LogP contribution >= 0.6 is 0 Å². The molecule has 0 aliphatic heterocycles. The van der Waals surface area contributed by atoms with E-state index in [2.05, 4.69) is 0 Å². The lowest BCUT2D eigenvalue weighted by Gasteiger charge is -2.61. The second-order valence-electron chi connectivity index (χ2n) is 6.75. The second-order valence-corrected chi connectivity index (χ2v) is 6.75. The van der Waals surface area contributed by atoms with Gasteiger partial charge in [-0.05, 0) is 61.2 Å². The molecule has 4 saturated carbocycles. The van der Waals surface area contributed by atoms with E-state index in [4.69, 9.17) is 5.73 Å². The highest BCUT2D eigenvalue weighted by atomic mass is 16.4. The van der Waals surface area contributed by atoms with E-state index in [1.54, 1.807) is 0 Å². The Morgan fingerprint density at radius 1 is 1.00 bits per heavy atom. The standard InChI is InChI=1S/C14H21NO3/c15-12(16)6-14(7-13(17)18)10-2-8-1-9(4-10)5-11(14)3-8/h8-11H,1-7H2,(H2,15,16)(H,17,18)/t8-,9+,10-,11+,14?. The molecule has 18 heavy (non-hydrogen) atoms. The average Bonchev–Trinajstić information content (AvgIpc) is 2.23. The second kappa shape index (κ2) is 3.97. The van der Waals surface area contributed by atoms with Crippen LogP contribution in [0.5, 0.6) is 0 Å². The van der Waals surface area contributed by atoms with Crippen LogP contribution in [0, 0.1) is 29.1 Å². The van der Waals surface area contributed by atoms with Gasteiger partial charge in [-0.2, -0.15) is 0 Å². The average molecular weight is 251 g/mol. The fourth-order valence-electron chi connectivity index (χ4n) is 5.37. The Balaban J connectivity index is 1.92. The van der Waals surface area contributed by atoms with E-state index in [1.165, 1.54) is 6.42 Å². The third-order valence-corrected chi connectivity index (χ3v) is 5.75. The minimum absolute atomic E-state index is 0.130. The van der Waals surface area contributed by atoms with Crippen LogP contribution in [0.3, 0.4) is 0 Å². The molecule has 0 atom stereocenters. The monoisotopic (exact) mass is 251 g/mol. The van der Waals surface area contributed by atoms with Gasteiger partial charge < -0.3 is 10.8 Å². The van der Waals surface area contributed by atoms with Crippen molar-refractivity contribution in [3.63, 3.8) is 0 Å². The molecule has 0 heterocycles. The van der Waals surface area contributed by atoms with Gasteiger partial charge in [0.05, 0.1) is 6.42 Å². The number of carbonyl (C=O) groups excluding carboxylic acids is 1. The number of hydrogen-bond acceptors (Lipinski definition) is 2. The minimum Gasteiger partial charge on any atom is -0.481 e. The van der Waals surface area contributed by atoms with E-state index < -0.39 is 5.97 Å². The van der Waals surface area contributed by atoms with Gasteiger partial charge in [-0.15, -0.1) is 0 Å². The SMILES string of the molecule is NC(=O)CC1(CC(=O)O)[C@H]2C[C@@H]3C[C@@H](C[C@H]1C3)C2. The molecule has 0 unspecified atom stereocenters. The Morgan fingerprint density at radius 3 is 1.89 bits per heavy atom. The molecule has 4 fully saturated rings. The van der Waals surface area contributed by atoms with Crippen molar-refractivity contribution in [1.29, 1.82) is 0 Å². The number of carboxylic acid groups (broad SMARTS) is 1. The van der Waals surface area contributed by atoms with Crippen molar-refractivity contribution in [3.8, 4) is 0 Å². The van der Waals surface area contributed by atoms with Gasteiger partial charge in [-0.3, -0.25) is 9.59 Å². The molecule has 4 aliphatic carbocycles. The van der Waals surface area contributed by atoms with Crippen molar-refractivity contribution in [1.82, 2.24) is 0 Å². The summed E-state index contributed by atoms with van der Waals surface area (Å²) in [5.74, 6) is 1.28. The molecule has 0 radical (unpaired) electrons. The summed E-state index contributed by atoms with van der Waals surface area (Å²) in [6.45, 7) is 0. The number of aliphatic carboxylic acids is 1. The number of carboxylic acids is 1. The predicted octanol–water partition coefficient (Wildman–Crippen LogP) is 1.78. The first-order valence-corrected chi connectivity index (χ1v) is 6.99. The predicted molar refractivity (Wildman–Crippen MR) is 65.5 cm³/mol. The first-order valence-electron chi connectivity index (χ1n) is 6.99. The lowest BCUT2D eigenvalue weighted by atomic mass is 9.43. The van der Waals surface area contributed by atoms with Crippen LogP contribution in [-0.4, -0.2) is 17.0 Å². The third-order valence-electron chi connectivity index (χ3n) is 5.75. The fourth-order valence-corrected chi connectivity index (χ4v) is 5.37. The normalized spacial score (nSPS) is 45.1. The van der Waals surface area contributed by atoms with E-state index in [0.717, 1.165) is 37.5 Å². The summed E-state index contributed by atoms with van der Waals surface area (Å²) < 4.78 is 0. The Morgan fingerprint density at radius 2 is 1.50 bits per heavy atom. The van der Waals surface area contributed by atoms with Gasteiger partial charge in [0.25, 0.3) is 0 Å². The molecule has 0 aromatic heterocycles. The maximum atomic E-state index is 11.4. The van der Waals surface area contributed by atoms with Crippen LogP contribution in [-0.2, 0) is 9.59 Å². The van der Waals surface area contributed by atoms with Gasteiger partial charge in [0, 0.05) is 6.42 Å². The van der Waals surface area contributed by atoms with E-state index in [1.807, 2.05) is 0 Å². The largest absolute Gasteiger partial charge is 0.481 e. The van der Waals surface area contributed by atoms with E-state index in [9.17, 15) is 14.7 Å². The Kier molecular flexibility index (Phi) is 2.65. The van der Waals surface area contributed by atoms with Gasteiger partial charge in [0.15, 0.2) is 0 Å². The lowest BCUT2D eigenvalue weighted by Crippen LogP contribution is -2.55. The molecule has 4 heteroatoms. The van der Waals surface area contributed by atoms with Crippen molar-refractivity contribution in [2.24, 2.45) is 34.8 Å². The number of carbonyl (C=O) groups is 2. The zero-order valence-electron chi connectivity index (χ0n) is 10.6. The first-order chi connectivity index (χ1) is 8.49. The van der Waals surface area contributed by atoms with E-state index >= 15 is 0 Å². The summed E-state index contributed by atoms with van der Waals surface area (Å²) in [7, 11) is 0. The van der Waals surface area contributed by atoms with Crippen LogP contribution in [0.15, 0.2) is 0 Å². The topological polar surface area (TPSA) is 80.4 Å². The molecular weight excluding hydrogens is 230 g/mol. The van der Waals surface area contributed by atoms with Gasteiger partial charge in [0.2, 0.25) is 5.91 Å². The molecule has 4 bridgehead atoms. The number of hydrogen-bond donors (Lipinski definition) is 2. The molecule has 0 aromatic rings. The van der Waals surface area contributed by atoms with Crippen molar-refractivity contribution >= 4 is 11.9 Å². The summed E-state index contributed by atoms with van der Waals surface area (Å²) in [5, 5.41) is 9.22. The Labute approximate surface area is 107 Å². The van der Waals surface area contributed by atoms with E-state index in [0.29, 0.717) is 11.8 Å². The highest BCUT2D eigenvalue weighted by Crippen LogP contribution is 2.64. The van der Waals surface area contributed by atoms with Gasteiger partial charge >= 0.3 is 5.97 Å². The lowest BCUT2D eigenvalue weighted by molar-refractivity contribution is -0.158. The van der Waals surface area contributed by atoms with Crippen LogP contribution in [0.1, 0.15) is 44.9 Å². The molecule has 100 valence electrons. The molecule has 4 rings (SSSR count). The number of nitrogens with two attached hydrogens (primary N) is 1. The number of amides is 1. The third kappa shape index (κ3) is 1.73. The smallest absolute Gasteiger partial charge is 0.303 e. The maximum Gasteiger partial charge on any atom is 0.303 e. The van der Waals surface area contributed by atoms with Crippen LogP contribution in [0.4, 0.5) is 0 Å². The highest BCUT2D eigenvalue weighted by Gasteiger charge is 2.58. The van der Waals surface area contributed by atoms with Crippen molar-refractivity contribution in [2.75, 3.05) is 0 Å². The fraction of sp³-hybridized carbons (Fsp3) is 0.857. The Hall–Kier alpha value is -1.06. The van der Waals surface area contributed by atoms with Crippen molar-refractivity contribution in [2.45, 2.75) is 44.9 Å². The Bertz CT molecular complexity index is 345. The van der Waals surface area contributed by atoms with E-state index in [-0.39, 0.29) is 24.2 Å². The van der Waals surface area contributed by atoms with Crippen LogP contribution in [0.25, 0.3) is 0 Å². The van der Waals surface area contributed by atoms with Crippen LogP contribution in [0.2, 0.25) is 0 Å². The zero-order valence-corrected chi connectivity index (χ0v) is 10.6. The molecule has 0 saturated heterocycles. The molecule has 1 amide bonds.